The van der Waals surface area contributed by atoms with Crippen molar-refractivity contribution >= 4 is 46.6 Å². The van der Waals surface area contributed by atoms with Gasteiger partial charge in [0.15, 0.2) is 11.0 Å². The number of nitrogens with one attached hydrogen (secondary N) is 1. The van der Waals surface area contributed by atoms with Gasteiger partial charge in [0.25, 0.3) is 0 Å². The SMILES string of the molecule is COc1ccccc1-c1nnc(SCC(=O)Nc2ccc(Cl)cc2C)n1-c1ccc(Cl)cc1. The fraction of sp³-hybridized carbons (Fsp3) is 0.125. The van der Waals surface area contributed by atoms with E-state index in [2.05, 4.69) is 15.5 Å². The van der Waals surface area contributed by atoms with Crippen molar-refractivity contribution in [3.8, 4) is 22.8 Å². The summed E-state index contributed by atoms with van der Waals surface area (Å²) in [6.07, 6.45) is 0. The van der Waals surface area contributed by atoms with Gasteiger partial charge >= 0.3 is 0 Å². The van der Waals surface area contributed by atoms with E-state index >= 15 is 0 Å². The Balaban J connectivity index is 1.63. The van der Waals surface area contributed by atoms with E-state index in [4.69, 9.17) is 27.9 Å². The average Bonchev–Trinajstić information content (AvgIpc) is 3.24. The van der Waals surface area contributed by atoms with Crippen molar-refractivity contribution in [1.29, 1.82) is 0 Å². The summed E-state index contributed by atoms with van der Waals surface area (Å²) in [6.45, 7) is 1.89. The number of hydrogen-bond acceptors (Lipinski definition) is 5. The smallest absolute Gasteiger partial charge is 0.234 e. The van der Waals surface area contributed by atoms with Gasteiger partial charge in [-0.3, -0.25) is 9.36 Å². The van der Waals surface area contributed by atoms with Crippen LogP contribution in [0, 0.1) is 6.92 Å². The third-order valence-corrected chi connectivity index (χ3v) is 6.28. The highest BCUT2D eigenvalue weighted by atomic mass is 35.5. The standard InChI is InChI=1S/C24H20Cl2N4O2S/c1-15-13-17(26)9-12-20(15)27-22(31)14-33-24-29-28-23(19-5-3-4-6-21(19)32-2)30(24)18-10-7-16(25)8-11-18/h3-13H,14H2,1-2H3,(H,27,31). The molecule has 4 aromatic rings. The quantitative estimate of drug-likeness (QED) is 0.303. The minimum atomic E-state index is -0.157. The molecule has 0 unspecified atom stereocenters. The third-order valence-electron chi connectivity index (χ3n) is 4.86. The monoisotopic (exact) mass is 498 g/mol. The van der Waals surface area contributed by atoms with Gasteiger partial charge in [0.2, 0.25) is 5.91 Å². The van der Waals surface area contributed by atoms with Crippen LogP contribution in [0.3, 0.4) is 0 Å². The molecule has 0 fully saturated rings. The van der Waals surface area contributed by atoms with Crippen molar-refractivity contribution < 1.29 is 9.53 Å². The number of aromatic nitrogens is 3. The van der Waals surface area contributed by atoms with Crippen LogP contribution >= 0.6 is 35.0 Å². The normalized spacial score (nSPS) is 10.8. The lowest BCUT2D eigenvalue weighted by Gasteiger charge is -2.13. The number of carbonyl (C=O) groups excluding carboxylic acids is 1. The topological polar surface area (TPSA) is 69.0 Å². The number of methoxy groups -OCH3 is 1. The van der Waals surface area contributed by atoms with E-state index in [1.165, 1.54) is 11.8 Å². The average molecular weight is 499 g/mol. The summed E-state index contributed by atoms with van der Waals surface area (Å²) in [6, 6.07) is 20.3. The van der Waals surface area contributed by atoms with E-state index < -0.39 is 0 Å². The van der Waals surface area contributed by atoms with Gasteiger partial charge in [0.05, 0.1) is 18.4 Å². The molecular formula is C24H20Cl2N4O2S. The second-order valence-corrected chi connectivity index (χ2v) is 8.93. The molecule has 0 atom stereocenters. The Hall–Kier alpha value is -3.00. The molecule has 4 rings (SSSR count). The summed E-state index contributed by atoms with van der Waals surface area (Å²) in [4.78, 5) is 12.6. The number of benzene rings is 3. The van der Waals surface area contributed by atoms with Crippen molar-refractivity contribution in [1.82, 2.24) is 14.8 Å². The second kappa shape index (κ2) is 10.3. The Morgan fingerprint density at radius 1 is 1.03 bits per heavy atom. The van der Waals surface area contributed by atoms with Crippen LogP contribution in [0.25, 0.3) is 17.1 Å². The molecule has 0 spiro atoms. The third kappa shape index (κ3) is 5.33. The zero-order valence-corrected chi connectivity index (χ0v) is 20.2. The molecule has 6 nitrogen and oxygen atoms in total. The number of nitrogens with zero attached hydrogens (tertiary/aromatic N) is 3. The van der Waals surface area contributed by atoms with E-state index in [1.54, 1.807) is 37.4 Å². The largest absolute Gasteiger partial charge is 0.496 e. The van der Waals surface area contributed by atoms with E-state index in [9.17, 15) is 4.79 Å². The fourth-order valence-electron chi connectivity index (χ4n) is 3.27. The van der Waals surface area contributed by atoms with E-state index in [-0.39, 0.29) is 11.7 Å². The maximum Gasteiger partial charge on any atom is 0.234 e. The first kappa shape index (κ1) is 23.2. The Kier molecular flexibility index (Phi) is 7.23. The molecule has 0 aliphatic rings. The molecule has 0 bridgehead atoms. The molecule has 1 aromatic heterocycles. The van der Waals surface area contributed by atoms with Crippen LogP contribution in [0.15, 0.2) is 71.9 Å². The van der Waals surface area contributed by atoms with Crippen LogP contribution < -0.4 is 10.1 Å². The first-order chi connectivity index (χ1) is 16.0. The number of halogens is 2. The van der Waals surface area contributed by atoms with Gasteiger partial charge in [-0.25, -0.2) is 0 Å². The minimum absolute atomic E-state index is 0.152. The Labute approximate surface area is 205 Å². The first-order valence-electron chi connectivity index (χ1n) is 10.00. The van der Waals surface area contributed by atoms with Gasteiger partial charge in [-0.15, -0.1) is 10.2 Å². The summed E-state index contributed by atoms with van der Waals surface area (Å²) in [7, 11) is 1.61. The lowest BCUT2D eigenvalue weighted by molar-refractivity contribution is -0.113. The Morgan fingerprint density at radius 3 is 2.48 bits per heavy atom. The zero-order valence-electron chi connectivity index (χ0n) is 17.9. The van der Waals surface area contributed by atoms with Crippen molar-refractivity contribution in [2.45, 2.75) is 12.1 Å². The number of thioether (sulfide) groups is 1. The van der Waals surface area contributed by atoms with Gasteiger partial charge in [0.1, 0.15) is 5.75 Å². The van der Waals surface area contributed by atoms with Crippen molar-refractivity contribution in [2.24, 2.45) is 0 Å². The van der Waals surface area contributed by atoms with E-state index in [0.29, 0.717) is 26.8 Å². The van der Waals surface area contributed by atoms with Crippen LogP contribution in [0.5, 0.6) is 5.75 Å². The summed E-state index contributed by atoms with van der Waals surface area (Å²) in [5.74, 6) is 1.27. The Bertz CT molecular complexity index is 1290. The van der Waals surface area contributed by atoms with Crippen LogP contribution in [0.4, 0.5) is 5.69 Å². The number of anilines is 1. The van der Waals surface area contributed by atoms with E-state index in [1.807, 2.05) is 47.9 Å². The number of aryl methyl sites for hydroxylation is 1. The van der Waals surface area contributed by atoms with Crippen LogP contribution in [-0.2, 0) is 4.79 Å². The van der Waals surface area contributed by atoms with Gasteiger partial charge in [0, 0.05) is 21.4 Å². The predicted octanol–water partition coefficient (Wildman–Crippen LogP) is 6.29. The lowest BCUT2D eigenvalue weighted by atomic mass is 10.2. The number of rotatable bonds is 7. The maximum absolute atomic E-state index is 12.6. The van der Waals surface area contributed by atoms with Crippen LogP contribution in [0.1, 0.15) is 5.56 Å². The predicted molar refractivity (Wildman–Crippen MR) is 134 cm³/mol. The molecule has 1 amide bonds. The summed E-state index contributed by atoms with van der Waals surface area (Å²) < 4.78 is 7.41. The summed E-state index contributed by atoms with van der Waals surface area (Å²) in [5, 5.41) is 13.5. The Morgan fingerprint density at radius 2 is 1.76 bits per heavy atom. The van der Waals surface area contributed by atoms with Gasteiger partial charge in [-0.2, -0.15) is 0 Å². The van der Waals surface area contributed by atoms with Crippen molar-refractivity contribution in [3.05, 3.63) is 82.3 Å². The zero-order chi connectivity index (χ0) is 23.4. The molecule has 0 radical (unpaired) electrons. The molecule has 0 aliphatic heterocycles. The second-order valence-electron chi connectivity index (χ2n) is 7.11. The molecule has 1 N–H and O–H groups in total. The molecule has 168 valence electrons. The molecular weight excluding hydrogens is 479 g/mol. The molecule has 33 heavy (non-hydrogen) atoms. The molecule has 3 aromatic carbocycles. The van der Waals surface area contributed by atoms with E-state index in [0.717, 1.165) is 22.5 Å². The molecule has 0 saturated heterocycles. The molecule has 0 saturated carbocycles. The number of hydrogen-bond donors (Lipinski definition) is 1. The molecule has 9 heteroatoms. The van der Waals surface area contributed by atoms with Crippen LogP contribution in [-0.4, -0.2) is 33.5 Å². The lowest BCUT2D eigenvalue weighted by Crippen LogP contribution is -2.15. The van der Waals surface area contributed by atoms with Crippen LogP contribution in [0.2, 0.25) is 10.0 Å². The highest BCUT2D eigenvalue weighted by molar-refractivity contribution is 7.99. The molecule has 0 aliphatic carbocycles. The number of carbonyl (C=O) groups is 1. The number of ether oxygens (including phenoxy) is 1. The van der Waals surface area contributed by atoms with Gasteiger partial charge in [-0.1, -0.05) is 47.1 Å². The van der Waals surface area contributed by atoms with Crippen molar-refractivity contribution in [2.75, 3.05) is 18.2 Å². The summed E-state index contributed by atoms with van der Waals surface area (Å²) >= 11 is 13.4. The number of amides is 1. The van der Waals surface area contributed by atoms with Crippen molar-refractivity contribution in [3.63, 3.8) is 0 Å². The minimum Gasteiger partial charge on any atom is -0.496 e. The molecule has 1 heterocycles. The van der Waals surface area contributed by atoms with Gasteiger partial charge < -0.3 is 10.1 Å². The first-order valence-corrected chi connectivity index (χ1v) is 11.7. The van der Waals surface area contributed by atoms with Gasteiger partial charge in [-0.05, 0) is 67.1 Å². The number of para-hydroxylation sites is 1. The maximum atomic E-state index is 12.6. The highest BCUT2D eigenvalue weighted by Crippen LogP contribution is 2.33. The fourth-order valence-corrected chi connectivity index (χ4v) is 4.38. The summed E-state index contributed by atoms with van der Waals surface area (Å²) in [5.41, 5.74) is 3.22. The highest BCUT2D eigenvalue weighted by Gasteiger charge is 2.20.